The molecule has 0 radical (unpaired) electrons. The first-order valence-corrected chi connectivity index (χ1v) is 10.2. The maximum atomic E-state index is 14.7. The minimum absolute atomic E-state index is 0.0233. The minimum Gasteiger partial charge on any atom is -0.497 e. The van der Waals surface area contributed by atoms with E-state index in [0.717, 1.165) is 25.7 Å². The number of halogens is 1. The molecular formula is C22H28FN5O3. The largest absolute Gasteiger partial charge is 0.497 e. The van der Waals surface area contributed by atoms with Crippen LogP contribution >= 0.6 is 0 Å². The van der Waals surface area contributed by atoms with Gasteiger partial charge < -0.3 is 14.5 Å². The molecule has 2 aromatic rings. The molecule has 1 heterocycles. The predicted molar refractivity (Wildman–Crippen MR) is 116 cm³/mol. The Labute approximate surface area is 181 Å². The number of nitrogens with two attached hydrogens (primary N) is 1. The summed E-state index contributed by atoms with van der Waals surface area (Å²) < 4.78 is 20.0. The molecule has 166 valence electrons. The number of hydrogen-bond donors (Lipinski definition) is 2. The summed E-state index contributed by atoms with van der Waals surface area (Å²) in [4.78, 5) is 30.6. The lowest BCUT2D eigenvalue weighted by molar-refractivity contribution is 0.0953. The van der Waals surface area contributed by atoms with Crippen molar-refractivity contribution in [1.29, 1.82) is 0 Å². The fourth-order valence-electron chi connectivity index (χ4n) is 3.53. The van der Waals surface area contributed by atoms with Gasteiger partial charge in [0.25, 0.3) is 5.91 Å². The number of likely N-dealkylation sites (N-methyl/N-ethyl adjacent to an activating group) is 1. The lowest BCUT2D eigenvalue weighted by Gasteiger charge is -2.37. The number of ether oxygens (including phenoxy) is 1. The summed E-state index contributed by atoms with van der Waals surface area (Å²) in [6.07, 6.45) is 0. The smallest absolute Gasteiger partial charge is 0.324 e. The number of hydrogen-bond acceptors (Lipinski definition) is 5. The molecule has 0 atom stereocenters. The van der Waals surface area contributed by atoms with Gasteiger partial charge in [-0.25, -0.2) is 15.0 Å². The molecule has 0 bridgehead atoms. The fourth-order valence-corrected chi connectivity index (χ4v) is 3.53. The van der Waals surface area contributed by atoms with Crippen LogP contribution in [0.5, 0.6) is 5.75 Å². The number of nitrogens with zero attached hydrogens (tertiary/aromatic N) is 3. The van der Waals surface area contributed by atoms with Crippen molar-refractivity contribution in [1.82, 2.24) is 15.2 Å². The Bertz CT molecular complexity index is 914. The van der Waals surface area contributed by atoms with Crippen molar-refractivity contribution in [3.05, 3.63) is 59.4 Å². The molecular weight excluding hydrogens is 401 g/mol. The Morgan fingerprint density at radius 1 is 1.13 bits per heavy atom. The quantitative estimate of drug-likeness (QED) is 0.417. The molecule has 0 saturated carbocycles. The summed E-state index contributed by atoms with van der Waals surface area (Å²) in [7, 11) is 1.57. The second-order valence-electron chi connectivity index (χ2n) is 7.27. The van der Waals surface area contributed by atoms with E-state index in [9.17, 15) is 14.0 Å². The normalized spacial score (nSPS) is 14.3. The zero-order valence-corrected chi connectivity index (χ0v) is 17.8. The minimum atomic E-state index is -0.581. The van der Waals surface area contributed by atoms with Gasteiger partial charge in [0.05, 0.1) is 13.7 Å². The Morgan fingerprint density at radius 3 is 2.35 bits per heavy atom. The number of anilines is 1. The van der Waals surface area contributed by atoms with Crippen LogP contribution in [0, 0.1) is 5.82 Å². The first-order valence-electron chi connectivity index (χ1n) is 10.2. The number of rotatable bonds is 6. The average Bonchev–Trinajstić information content (AvgIpc) is 2.82. The first kappa shape index (κ1) is 22.5. The lowest BCUT2D eigenvalue weighted by Crippen LogP contribution is -2.52. The monoisotopic (exact) mass is 429 g/mol. The number of carbonyl (C=O) groups excluding carboxylic acids is 2. The van der Waals surface area contributed by atoms with Crippen LogP contribution in [-0.2, 0) is 6.54 Å². The van der Waals surface area contributed by atoms with Crippen LogP contribution in [0.2, 0.25) is 0 Å². The van der Waals surface area contributed by atoms with Gasteiger partial charge in [0.1, 0.15) is 11.6 Å². The van der Waals surface area contributed by atoms with Gasteiger partial charge >= 0.3 is 6.03 Å². The number of methoxy groups -OCH3 is 1. The van der Waals surface area contributed by atoms with Crippen molar-refractivity contribution >= 4 is 17.6 Å². The van der Waals surface area contributed by atoms with Gasteiger partial charge in [0.2, 0.25) is 0 Å². The number of nitrogens with one attached hydrogen (secondary N) is 1. The van der Waals surface area contributed by atoms with Crippen molar-refractivity contribution < 1.29 is 18.7 Å². The number of urea groups is 1. The van der Waals surface area contributed by atoms with Crippen molar-refractivity contribution in [2.45, 2.75) is 13.5 Å². The average molecular weight is 429 g/mol. The zero-order valence-electron chi connectivity index (χ0n) is 17.8. The number of benzene rings is 2. The van der Waals surface area contributed by atoms with Gasteiger partial charge in [0.15, 0.2) is 0 Å². The van der Waals surface area contributed by atoms with E-state index >= 15 is 0 Å². The van der Waals surface area contributed by atoms with E-state index in [1.807, 2.05) is 5.43 Å². The van der Waals surface area contributed by atoms with Crippen LogP contribution in [0.1, 0.15) is 22.8 Å². The zero-order chi connectivity index (χ0) is 22.4. The van der Waals surface area contributed by atoms with Crippen molar-refractivity contribution in [3.63, 3.8) is 0 Å². The lowest BCUT2D eigenvalue weighted by atomic mass is 10.1. The third-order valence-corrected chi connectivity index (χ3v) is 5.48. The van der Waals surface area contributed by atoms with Gasteiger partial charge in [-0.3, -0.25) is 15.1 Å². The van der Waals surface area contributed by atoms with Crippen molar-refractivity contribution in [2.75, 3.05) is 44.7 Å². The maximum Gasteiger partial charge on any atom is 0.324 e. The number of hydrazine groups is 1. The Morgan fingerprint density at radius 2 is 1.81 bits per heavy atom. The van der Waals surface area contributed by atoms with E-state index in [2.05, 4.69) is 11.8 Å². The van der Waals surface area contributed by atoms with E-state index in [-0.39, 0.29) is 18.1 Å². The molecule has 3 rings (SSSR count). The molecule has 31 heavy (non-hydrogen) atoms. The molecule has 0 spiro atoms. The third kappa shape index (κ3) is 5.31. The molecule has 1 saturated heterocycles. The standard InChI is InChI=1S/C22H28FN5O3/c1-3-26-10-12-27(13-11-26)22(30)28(18-6-8-19(31-2)9-7-18)15-17-5-4-16(14-20(17)23)21(29)25-24/h4-9,14H,3,10-13,15,24H2,1-2H3,(H,25,29). The predicted octanol–water partition coefficient (Wildman–Crippen LogP) is 2.20. The molecule has 0 aromatic heterocycles. The molecule has 3 N–H and O–H groups in total. The Kier molecular flexibility index (Phi) is 7.43. The molecule has 0 unspecified atom stereocenters. The van der Waals surface area contributed by atoms with E-state index < -0.39 is 11.7 Å². The van der Waals surface area contributed by atoms with Gasteiger partial charge in [-0.05, 0) is 42.9 Å². The highest BCUT2D eigenvalue weighted by Crippen LogP contribution is 2.24. The number of carbonyl (C=O) groups is 2. The van der Waals surface area contributed by atoms with E-state index in [0.29, 0.717) is 30.1 Å². The highest BCUT2D eigenvalue weighted by Gasteiger charge is 2.27. The van der Waals surface area contributed by atoms with Crippen molar-refractivity contribution in [3.8, 4) is 5.75 Å². The number of nitrogen functional groups attached to an aromatic ring is 1. The maximum absolute atomic E-state index is 14.7. The Balaban J connectivity index is 1.87. The van der Waals surface area contributed by atoms with Crippen LogP contribution in [0.3, 0.4) is 0 Å². The van der Waals surface area contributed by atoms with Gasteiger partial charge in [-0.2, -0.15) is 0 Å². The molecule has 2 aromatic carbocycles. The summed E-state index contributed by atoms with van der Waals surface area (Å²) in [5.41, 5.74) is 3.02. The molecule has 8 nitrogen and oxygen atoms in total. The fraction of sp³-hybridized carbons (Fsp3) is 0.364. The first-order chi connectivity index (χ1) is 15.0. The van der Waals surface area contributed by atoms with E-state index in [1.54, 1.807) is 41.2 Å². The second kappa shape index (κ2) is 10.2. The third-order valence-electron chi connectivity index (χ3n) is 5.48. The van der Waals surface area contributed by atoms with Crippen LogP contribution in [0.4, 0.5) is 14.9 Å². The molecule has 1 aliphatic rings. The molecule has 1 fully saturated rings. The SMILES string of the molecule is CCN1CCN(C(=O)N(Cc2ccc(C(=O)NN)cc2F)c2ccc(OC)cc2)CC1. The summed E-state index contributed by atoms with van der Waals surface area (Å²) in [6, 6.07) is 11.0. The summed E-state index contributed by atoms with van der Waals surface area (Å²) >= 11 is 0. The topological polar surface area (TPSA) is 91.1 Å². The number of piperazine rings is 1. The molecule has 3 amide bonds. The highest BCUT2D eigenvalue weighted by molar-refractivity contribution is 5.94. The molecule has 9 heteroatoms. The molecule has 1 aliphatic heterocycles. The summed E-state index contributed by atoms with van der Waals surface area (Å²) in [5, 5.41) is 0. The van der Waals surface area contributed by atoms with Crippen LogP contribution < -0.4 is 20.9 Å². The van der Waals surface area contributed by atoms with Crippen LogP contribution in [-0.4, -0.2) is 61.6 Å². The molecule has 0 aliphatic carbocycles. The van der Waals surface area contributed by atoms with Crippen LogP contribution in [0.15, 0.2) is 42.5 Å². The highest BCUT2D eigenvalue weighted by atomic mass is 19.1. The number of amides is 3. The Hall–Kier alpha value is -3.17. The summed E-state index contributed by atoms with van der Waals surface area (Å²) in [6.45, 7) is 5.88. The summed E-state index contributed by atoms with van der Waals surface area (Å²) in [5.74, 6) is 4.62. The van der Waals surface area contributed by atoms with Crippen molar-refractivity contribution in [2.24, 2.45) is 5.84 Å². The van der Waals surface area contributed by atoms with Gasteiger partial charge in [-0.15, -0.1) is 0 Å². The van der Waals surface area contributed by atoms with E-state index in [1.165, 1.54) is 12.1 Å². The van der Waals surface area contributed by atoms with Crippen LogP contribution in [0.25, 0.3) is 0 Å². The van der Waals surface area contributed by atoms with E-state index in [4.69, 9.17) is 10.6 Å². The van der Waals surface area contributed by atoms with Gasteiger partial charge in [-0.1, -0.05) is 13.0 Å². The van der Waals surface area contributed by atoms with Gasteiger partial charge in [0, 0.05) is 43.0 Å². The second-order valence-corrected chi connectivity index (χ2v) is 7.27.